The molecule has 8 nitrogen and oxygen atoms in total. The first kappa shape index (κ1) is 20.7. The predicted octanol–water partition coefficient (Wildman–Crippen LogP) is 5.41. The third kappa shape index (κ3) is 4.42. The number of aromatic amines is 1. The zero-order valence-electron chi connectivity index (χ0n) is 17.5. The fraction of sp³-hybridized carbons (Fsp3) is 0.0833. The molecule has 0 unspecified atom stereocenters. The van der Waals surface area contributed by atoms with Gasteiger partial charge in [0.2, 0.25) is 11.7 Å². The average Bonchev–Trinajstić information content (AvgIpc) is 3.43. The zero-order valence-corrected chi connectivity index (χ0v) is 18.3. The number of aromatic nitrogens is 4. The van der Waals surface area contributed by atoms with Gasteiger partial charge in [-0.05, 0) is 42.5 Å². The molecule has 1 amide bonds. The lowest BCUT2D eigenvalue weighted by atomic mass is 10.1. The van der Waals surface area contributed by atoms with Crippen LogP contribution in [0.3, 0.4) is 0 Å². The first-order valence-corrected chi connectivity index (χ1v) is 10.5. The molecule has 164 valence electrons. The fourth-order valence-corrected chi connectivity index (χ4v) is 3.61. The van der Waals surface area contributed by atoms with E-state index in [1.54, 1.807) is 37.3 Å². The van der Waals surface area contributed by atoms with E-state index in [9.17, 15) is 4.79 Å². The number of ether oxygens (including phenoxy) is 1. The molecule has 0 saturated heterocycles. The summed E-state index contributed by atoms with van der Waals surface area (Å²) in [6, 6.07) is 19.9. The van der Waals surface area contributed by atoms with Gasteiger partial charge in [0.05, 0.1) is 21.6 Å². The molecule has 0 saturated carbocycles. The Labute approximate surface area is 193 Å². The molecule has 3 aromatic carbocycles. The number of fused-ring (bicyclic) bond motifs is 1. The number of hydrogen-bond donors (Lipinski definition) is 2. The van der Waals surface area contributed by atoms with E-state index in [0.717, 1.165) is 16.6 Å². The number of anilines is 1. The number of amides is 1. The van der Waals surface area contributed by atoms with E-state index in [1.807, 2.05) is 36.4 Å². The van der Waals surface area contributed by atoms with Crippen molar-refractivity contribution in [3.8, 4) is 17.1 Å². The lowest BCUT2D eigenvalue weighted by Gasteiger charge is -2.10. The largest absolute Gasteiger partial charge is 0.485 e. The Morgan fingerprint density at radius 2 is 1.91 bits per heavy atom. The maximum absolute atomic E-state index is 13.0. The number of benzene rings is 3. The molecule has 0 radical (unpaired) electrons. The molecule has 2 N–H and O–H groups in total. The van der Waals surface area contributed by atoms with E-state index in [0.29, 0.717) is 39.6 Å². The SMILES string of the molecule is Cc1nc(COc2ccccc2C(=O)Nc2ccc3nc(-c4ccccc4Cl)[nH]c3c2)no1. The van der Waals surface area contributed by atoms with E-state index >= 15 is 0 Å². The standard InChI is InChI=1S/C24H18ClN5O3/c1-14-26-22(30-33-14)13-32-21-9-5-3-7-17(21)24(31)27-15-10-11-19-20(12-15)29-23(28-19)16-6-2-4-8-18(16)25/h2-12H,13H2,1H3,(H,27,31)(H,28,29). The molecule has 0 fully saturated rings. The normalized spacial score (nSPS) is 11.0. The van der Waals surface area contributed by atoms with Crippen molar-refractivity contribution in [3.63, 3.8) is 0 Å². The molecular formula is C24H18ClN5O3. The smallest absolute Gasteiger partial charge is 0.259 e. The van der Waals surface area contributed by atoms with Gasteiger partial charge >= 0.3 is 0 Å². The van der Waals surface area contributed by atoms with Crippen molar-refractivity contribution in [2.24, 2.45) is 0 Å². The monoisotopic (exact) mass is 459 g/mol. The van der Waals surface area contributed by atoms with Crippen molar-refractivity contribution < 1.29 is 14.1 Å². The van der Waals surface area contributed by atoms with Crippen LogP contribution in [0.2, 0.25) is 5.02 Å². The number of nitrogens with one attached hydrogen (secondary N) is 2. The van der Waals surface area contributed by atoms with Gasteiger partial charge in [-0.2, -0.15) is 4.98 Å². The molecular weight excluding hydrogens is 442 g/mol. The summed E-state index contributed by atoms with van der Waals surface area (Å²) >= 11 is 6.29. The molecule has 0 aliphatic carbocycles. The van der Waals surface area contributed by atoms with Crippen LogP contribution in [-0.2, 0) is 6.61 Å². The summed E-state index contributed by atoms with van der Waals surface area (Å²) < 4.78 is 10.7. The number of aryl methyl sites for hydroxylation is 1. The number of hydrogen-bond acceptors (Lipinski definition) is 6. The quantitative estimate of drug-likeness (QED) is 0.352. The van der Waals surface area contributed by atoms with Crippen LogP contribution in [0.25, 0.3) is 22.4 Å². The third-order valence-electron chi connectivity index (χ3n) is 4.93. The lowest BCUT2D eigenvalue weighted by Crippen LogP contribution is -2.13. The Hall–Kier alpha value is -4.17. The summed E-state index contributed by atoms with van der Waals surface area (Å²) in [5.41, 5.74) is 3.36. The van der Waals surface area contributed by atoms with E-state index in [4.69, 9.17) is 20.9 Å². The molecule has 0 aliphatic heterocycles. The van der Waals surface area contributed by atoms with Gasteiger partial charge in [-0.15, -0.1) is 0 Å². The number of H-pyrrole nitrogens is 1. The van der Waals surface area contributed by atoms with Gasteiger partial charge in [0, 0.05) is 18.2 Å². The highest BCUT2D eigenvalue weighted by Gasteiger charge is 2.15. The highest BCUT2D eigenvalue weighted by Crippen LogP contribution is 2.28. The molecule has 5 rings (SSSR count). The van der Waals surface area contributed by atoms with Crippen LogP contribution in [0.1, 0.15) is 22.1 Å². The van der Waals surface area contributed by atoms with E-state index in [1.165, 1.54) is 0 Å². The van der Waals surface area contributed by atoms with Crippen LogP contribution in [0.15, 0.2) is 71.3 Å². The molecule has 0 spiro atoms. The molecule has 9 heteroatoms. The number of nitrogens with zero attached hydrogens (tertiary/aromatic N) is 3. The predicted molar refractivity (Wildman–Crippen MR) is 124 cm³/mol. The van der Waals surface area contributed by atoms with Crippen LogP contribution in [0, 0.1) is 6.92 Å². The van der Waals surface area contributed by atoms with Crippen LogP contribution in [0.4, 0.5) is 5.69 Å². The van der Waals surface area contributed by atoms with Gasteiger partial charge in [-0.3, -0.25) is 4.79 Å². The van der Waals surface area contributed by atoms with Gasteiger partial charge < -0.3 is 19.6 Å². The molecule has 2 heterocycles. The number of halogens is 1. The molecule has 2 aromatic heterocycles. The van der Waals surface area contributed by atoms with Crippen molar-refractivity contribution in [2.45, 2.75) is 13.5 Å². The second-order valence-corrected chi connectivity index (χ2v) is 7.67. The topological polar surface area (TPSA) is 106 Å². The Kier molecular flexibility index (Phi) is 5.50. The Morgan fingerprint density at radius 1 is 1.09 bits per heavy atom. The van der Waals surface area contributed by atoms with Crippen molar-refractivity contribution in [3.05, 3.63) is 89.0 Å². The minimum atomic E-state index is -0.305. The van der Waals surface area contributed by atoms with Crippen molar-refractivity contribution in [1.29, 1.82) is 0 Å². The van der Waals surface area contributed by atoms with Crippen molar-refractivity contribution in [2.75, 3.05) is 5.32 Å². The van der Waals surface area contributed by atoms with E-state index in [-0.39, 0.29) is 12.5 Å². The number of carbonyl (C=O) groups excluding carboxylic acids is 1. The number of imidazole rings is 1. The summed E-state index contributed by atoms with van der Waals surface area (Å²) in [5.74, 6) is 1.63. The summed E-state index contributed by atoms with van der Waals surface area (Å²) in [7, 11) is 0. The number of carbonyl (C=O) groups is 1. The number of rotatable bonds is 6. The molecule has 5 aromatic rings. The summed E-state index contributed by atoms with van der Waals surface area (Å²) in [6.07, 6.45) is 0. The van der Waals surface area contributed by atoms with Crippen molar-refractivity contribution in [1.82, 2.24) is 20.1 Å². The average molecular weight is 460 g/mol. The van der Waals surface area contributed by atoms with Crippen molar-refractivity contribution >= 4 is 34.2 Å². The summed E-state index contributed by atoms with van der Waals surface area (Å²) in [6.45, 7) is 1.79. The minimum absolute atomic E-state index is 0.0898. The van der Waals surface area contributed by atoms with Gasteiger partial charge in [0.1, 0.15) is 11.6 Å². The van der Waals surface area contributed by atoms with Gasteiger partial charge in [-0.1, -0.05) is 41.0 Å². The minimum Gasteiger partial charge on any atom is -0.485 e. The highest BCUT2D eigenvalue weighted by atomic mass is 35.5. The van der Waals surface area contributed by atoms with Gasteiger partial charge in [0.25, 0.3) is 5.91 Å². The highest BCUT2D eigenvalue weighted by molar-refractivity contribution is 6.33. The van der Waals surface area contributed by atoms with Crippen LogP contribution in [0.5, 0.6) is 5.75 Å². The molecule has 0 aliphatic rings. The fourth-order valence-electron chi connectivity index (χ4n) is 3.39. The van der Waals surface area contributed by atoms with Gasteiger partial charge in [-0.25, -0.2) is 4.98 Å². The first-order chi connectivity index (χ1) is 16.1. The maximum atomic E-state index is 13.0. The van der Waals surface area contributed by atoms with Crippen LogP contribution >= 0.6 is 11.6 Å². The van der Waals surface area contributed by atoms with E-state index in [2.05, 4.69) is 25.4 Å². The zero-order chi connectivity index (χ0) is 22.8. The van der Waals surface area contributed by atoms with Crippen LogP contribution in [-0.4, -0.2) is 26.0 Å². The maximum Gasteiger partial charge on any atom is 0.259 e. The summed E-state index contributed by atoms with van der Waals surface area (Å²) in [4.78, 5) is 24.9. The second-order valence-electron chi connectivity index (χ2n) is 7.27. The number of para-hydroxylation sites is 1. The Balaban J connectivity index is 1.35. The molecule has 33 heavy (non-hydrogen) atoms. The Bertz CT molecular complexity index is 1460. The lowest BCUT2D eigenvalue weighted by molar-refractivity contribution is 0.102. The first-order valence-electron chi connectivity index (χ1n) is 10.1. The third-order valence-corrected chi connectivity index (χ3v) is 5.26. The van der Waals surface area contributed by atoms with E-state index < -0.39 is 0 Å². The summed E-state index contributed by atoms with van der Waals surface area (Å²) in [5, 5.41) is 7.32. The molecule has 0 atom stereocenters. The van der Waals surface area contributed by atoms with Crippen LogP contribution < -0.4 is 10.1 Å². The van der Waals surface area contributed by atoms with Gasteiger partial charge in [0.15, 0.2) is 6.61 Å². The molecule has 0 bridgehead atoms. The Morgan fingerprint density at radius 3 is 2.73 bits per heavy atom. The second kappa shape index (κ2) is 8.76.